The van der Waals surface area contributed by atoms with Gasteiger partial charge in [-0.2, -0.15) is 0 Å². The van der Waals surface area contributed by atoms with Crippen LogP contribution in [-0.4, -0.2) is 60.8 Å². The van der Waals surface area contributed by atoms with Crippen LogP contribution in [0.2, 0.25) is 0 Å². The van der Waals surface area contributed by atoms with Gasteiger partial charge < -0.3 is 19.9 Å². The third-order valence-corrected chi connectivity index (χ3v) is 6.83. The summed E-state index contributed by atoms with van der Waals surface area (Å²) in [4.78, 5) is 42.2. The molecule has 1 aromatic carbocycles. The number of carbonyl (C=O) groups excluding carboxylic acids is 3. The molecule has 182 valence electrons. The SMILES string of the molecule is CCCCN1C(=O)CC[C@H](C(=O)NCCCN2CCCCCC2=O)[C@@H]1c1ccccc1OC. The van der Waals surface area contributed by atoms with Crippen molar-refractivity contribution in [3.05, 3.63) is 29.8 Å². The van der Waals surface area contributed by atoms with Crippen LogP contribution >= 0.6 is 0 Å². The number of piperidine rings is 1. The standard InChI is InChI=1S/C26H39N3O4/c1-3-4-19-29-24(31)15-14-21(25(29)20-11-7-8-12-22(20)33-2)26(32)27-16-10-18-28-17-9-5-6-13-23(28)30/h7-8,11-12,21,25H,3-6,9-10,13-19H2,1-2H3,(H,27,32)/t21-,25-/m0/s1. The van der Waals surface area contributed by atoms with E-state index in [4.69, 9.17) is 4.74 Å². The first-order valence-electron chi connectivity index (χ1n) is 12.5. The van der Waals surface area contributed by atoms with E-state index in [-0.39, 0.29) is 29.7 Å². The van der Waals surface area contributed by atoms with E-state index in [1.807, 2.05) is 34.1 Å². The molecule has 2 fully saturated rings. The number of unbranched alkanes of at least 4 members (excludes halogenated alkanes) is 1. The minimum absolute atomic E-state index is 0.0258. The Kier molecular flexibility index (Phi) is 9.58. The highest BCUT2D eigenvalue weighted by Gasteiger charge is 2.41. The Morgan fingerprint density at radius 3 is 2.67 bits per heavy atom. The van der Waals surface area contributed by atoms with Gasteiger partial charge in [-0.05, 0) is 38.2 Å². The molecule has 0 aliphatic carbocycles. The maximum absolute atomic E-state index is 13.3. The summed E-state index contributed by atoms with van der Waals surface area (Å²) in [5.74, 6) is 0.685. The quantitative estimate of drug-likeness (QED) is 0.544. The first-order chi connectivity index (χ1) is 16.1. The van der Waals surface area contributed by atoms with Crippen LogP contribution in [0.4, 0.5) is 0 Å². The molecule has 0 bridgehead atoms. The lowest BCUT2D eigenvalue weighted by molar-refractivity contribution is -0.143. The molecule has 0 aromatic heterocycles. The minimum Gasteiger partial charge on any atom is -0.496 e. The van der Waals surface area contributed by atoms with E-state index in [0.29, 0.717) is 44.6 Å². The van der Waals surface area contributed by atoms with Crippen LogP contribution in [0.15, 0.2) is 24.3 Å². The van der Waals surface area contributed by atoms with E-state index < -0.39 is 0 Å². The van der Waals surface area contributed by atoms with Gasteiger partial charge in [0.1, 0.15) is 5.75 Å². The Hall–Kier alpha value is -2.57. The lowest BCUT2D eigenvalue weighted by Gasteiger charge is -2.41. The number of hydrogen-bond donors (Lipinski definition) is 1. The largest absolute Gasteiger partial charge is 0.496 e. The van der Waals surface area contributed by atoms with Gasteiger partial charge >= 0.3 is 0 Å². The maximum atomic E-state index is 13.3. The number of para-hydroxylation sites is 1. The molecule has 2 saturated heterocycles. The Labute approximate surface area is 197 Å². The average Bonchev–Trinajstić information content (AvgIpc) is 3.04. The minimum atomic E-state index is -0.332. The number of hydrogen-bond acceptors (Lipinski definition) is 4. The van der Waals surface area contributed by atoms with Crippen molar-refractivity contribution in [1.82, 2.24) is 15.1 Å². The number of methoxy groups -OCH3 is 1. The third kappa shape index (κ3) is 6.49. The number of benzene rings is 1. The number of nitrogens with zero attached hydrogens (tertiary/aromatic N) is 2. The van der Waals surface area contributed by atoms with Crippen LogP contribution in [-0.2, 0) is 14.4 Å². The zero-order valence-corrected chi connectivity index (χ0v) is 20.2. The van der Waals surface area contributed by atoms with Crippen molar-refractivity contribution < 1.29 is 19.1 Å². The number of carbonyl (C=O) groups is 3. The van der Waals surface area contributed by atoms with Crippen molar-refractivity contribution >= 4 is 17.7 Å². The first-order valence-corrected chi connectivity index (χ1v) is 12.5. The van der Waals surface area contributed by atoms with Crippen molar-refractivity contribution in [3.63, 3.8) is 0 Å². The maximum Gasteiger partial charge on any atom is 0.225 e. The number of rotatable bonds is 10. The fourth-order valence-corrected chi connectivity index (χ4v) is 5.00. The monoisotopic (exact) mass is 457 g/mol. The molecule has 0 saturated carbocycles. The van der Waals surface area contributed by atoms with E-state index in [9.17, 15) is 14.4 Å². The van der Waals surface area contributed by atoms with Gasteiger partial charge in [-0.25, -0.2) is 0 Å². The van der Waals surface area contributed by atoms with Gasteiger partial charge in [0.2, 0.25) is 17.7 Å². The zero-order chi connectivity index (χ0) is 23.6. The van der Waals surface area contributed by atoms with Crippen molar-refractivity contribution in [2.24, 2.45) is 5.92 Å². The predicted molar refractivity (Wildman–Crippen MR) is 128 cm³/mol. The first kappa shape index (κ1) is 25.1. The van der Waals surface area contributed by atoms with Crippen LogP contribution < -0.4 is 10.1 Å². The number of ether oxygens (including phenoxy) is 1. The van der Waals surface area contributed by atoms with Gasteiger partial charge in [0.25, 0.3) is 0 Å². The molecular formula is C26H39N3O4. The van der Waals surface area contributed by atoms with Gasteiger partial charge in [0.05, 0.1) is 19.1 Å². The zero-order valence-electron chi connectivity index (χ0n) is 20.2. The second-order valence-corrected chi connectivity index (χ2v) is 9.11. The van der Waals surface area contributed by atoms with Crippen LogP contribution in [0.1, 0.15) is 76.3 Å². The summed E-state index contributed by atoms with van der Waals surface area (Å²) < 4.78 is 5.59. The summed E-state index contributed by atoms with van der Waals surface area (Å²) in [5, 5.41) is 3.10. The fourth-order valence-electron chi connectivity index (χ4n) is 5.00. The van der Waals surface area contributed by atoms with Crippen LogP contribution in [0.25, 0.3) is 0 Å². The van der Waals surface area contributed by atoms with E-state index >= 15 is 0 Å². The van der Waals surface area contributed by atoms with Gasteiger partial charge in [0.15, 0.2) is 0 Å². The molecule has 0 unspecified atom stereocenters. The topological polar surface area (TPSA) is 79.0 Å². The van der Waals surface area contributed by atoms with Crippen LogP contribution in [0, 0.1) is 5.92 Å². The summed E-state index contributed by atoms with van der Waals surface area (Å²) in [6.45, 7) is 4.77. The van der Waals surface area contributed by atoms with Gasteiger partial charge in [-0.3, -0.25) is 14.4 Å². The van der Waals surface area contributed by atoms with Crippen LogP contribution in [0.3, 0.4) is 0 Å². The van der Waals surface area contributed by atoms with Gasteiger partial charge in [-0.1, -0.05) is 38.0 Å². The lowest BCUT2D eigenvalue weighted by atomic mass is 9.83. The highest BCUT2D eigenvalue weighted by atomic mass is 16.5. The number of nitrogens with one attached hydrogen (secondary N) is 1. The molecule has 7 heteroatoms. The van der Waals surface area contributed by atoms with E-state index in [1.54, 1.807) is 7.11 Å². The Balaban J connectivity index is 1.68. The molecule has 7 nitrogen and oxygen atoms in total. The van der Waals surface area contributed by atoms with Gasteiger partial charge in [0, 0.05) is 44.6 Å². The average molecular weight is 458 g/mol. The second kappa shape index (κ2) is 12.6. The summed E-state index contributed by atoms with van der Waals surface area (Å²) in [6, 6.07) is 7.36. The van der Waals surface area contributed by atoms with Crippen LogP contribution in [0.5, 0.6) is 5.75 Å². The molecule has 33 heavy (non-hydrogen) atoms. The lowest BCUT2D eigenvalue weighted by Crippen LogP contribution is -2.48. The van der Waals surface area contributed by atoms with E-state index in [0.717, 1.165) is 50.6 Å². The van der Waals surface area contributed by atoms with Crippen molar-refractivity contribution in [2.75, 3.05) is 33.3 Å². The third-order valence-electron chi connectivity index (χ3n) is 6.83. The van der Waals surface area contributed by atoms with Crippen molar-refractivity contribution in [3.8, 4) is 5.75 Å². The van der Waals surface area contributed by atoms with Crippen molar-refractivity contribution in [1.29, 1.82) is 0 Å². The molecular weight excluding hydrogens is 418 g/mol. The molecule has 2 aliphatic heterocycles. The summed E-state index contributed by atoms with van der Waals surface area (Å²) in [6.07, 6.45) is 7.31. The predicted octanol–water partition coefficient (Wildman–Crippen LogP) is 3.68. The Bertz CT molecular complexity index is 812. The van der Waals surface area contributed by atoms with Crippen molar-refractivity contribution in [2.45, 2.75) is 70.8 Å². The summed E-state index contributed by atoms with van der Waals surface area (Å²) in [7, 11) is 1.62. The molecule has 0 radical (unpaired) electrons. The molecule has 1 N–H and O–H groups in total. The molecule has 3 rings (SSSR count). The number of likely N-dealkylation sites (tertiary alicyclic amines) is 2. The smallest absolute Gasteiger partial charge is 0.225 e. The second-order valence-electron chi connectivity index (χ2n) is 9.11. The van der Waals surface area contributed by atoms with Gasteiger partial charge in [-0.15, -0.1) is 0 Å². The Morgan fingerprint density at radius 2 is 1.88 bits per heavy atom. The highest BCUT2D eigenvalue weighted by molar-refractivity contribution is 5.85. The molecule has 2 atom stereocenters. The normalized spacial score (nSPS) is 21.6. The molecule has 1 aromatic rings. The number of amides is 3. The highest BCUT2D eigenvalue weighted by Crippen LogP contribution is 2.40. The molecule has 0 spiro atoms. The fraction of sp³-hybridized carbons (Fsp3) is 0.654. The van der Waals surface area contributed by atoms with E-state index in [1.165, 1.54) is 0 Å². The molecule has 2 heterocycles. The summed E-state index contributed by atoms with van der Waals surface area (Å²) in [5.41, 5.74) is 0.888. The summed E-state index contributed by atoms with van der Waals surface area (Å²) >= 11 is 0. The molecule has 2 aliphatic rings. The van der Waals surface area contributed by atoms with E-state index in [2.05, 4.69) is 12.2 Å². The Morgan fingerprint density at radius 1 is 1.06 bits per heavy atom. The molecule has 3 amide bonds.